The van der Waals surface area contributed by atoms with Crippen molar-refractivity contribution in [1.82, 2.24) is 9.88 Å². The Balaban J connectivity index is 2.03. The maximum atomic E-state index is 12.3. The van der Waals surface area contributed by atoms with E-state index in [-0.39, 0.29) is 17.9 Å². The average molecular weight is 272 g/mol. The predicted octanol–water partition coefficient (Wildman–Crippen LogP) is 1.69. The molecule has 1 aromatic heterocycles. The van der Waals surface area contributed by atoms with Gasteiger partial charge in [0.2, 0.25) is 0 Å². The molecule has 4 nitrogen and oxygen atoms in total. The molecule has 1 saturated heterocycles. The Hall–Kier alpha value is -1.86. The van der Waals surface area contributed by atoms with Crippen molar-refractivity contribution in [2.45, 2.75) is 26.7 Å². The van der Waals surface area contributed by atoms with Crippen LogP contribution in [-0.2, 0) is 0 Å². The molecule has 4 heteroatoms. The lowest BCUT2D eigenvalue weighted by Gasteiger charge is -2.19. The zero-order valence-electron chi connectivity index (χ0n) is 12.0. The molecule has 1 N–H and O–H groups in total. The number of hydrogen-bond donors (Lipinski definition) is 1. The summed E-state index contributed by atoms with van der Waals surface area (Å²) in [6.07, 6.45) is 3.09. The molecule has 0 radical (unpaired) electrons. The number of aromatic nitrogens is 1. The molecule has 20 heavy (non-hydrogen) atoms. The van der Waals surface area contributed by atoms with Gasteiger partial charge in [-0.2, -0.15) is 0 Å². The third kappa shape index (κ3) is 3.58. The first-order chi connectivity index (χ1) is 9.52. The summed E-state index contributed by atoms with van der Waals surface area (Å²) in [4.78, 5) is 18.4. The molecule has 1 amide bonds. The molecule has 2 heterocycles. The Labute approximate surface area is 119 Å². The summed E-state index contributed by atoms with van der Waals surface area (Å²) < 4.78 is 0. The maximum absolute atomic E-state index is 12.3. The number of carbonyl (C=O) groups excluding carboxylic acids is 1. The number of hydrogen-bond acceptors (Lipinski definition) is 3. The van der Waals surface area contributed by atoms with Crippen molar-refractivity contribution in [3.05, 3.63) is 29.6 Å². The summed E-state index contributed by atoms with van der Waals surface area (Å²) >= 11 is 0. The summed E-state index contributed by atoms with van der Waals surface area (Å²) in [7, 11) is 0. The quantitative estimate of drug-likeness (QED) is 0.834. The Bertz CT molecular complexity index is 538. The third-order valence-electron chi connectivity index (χ3n) is 3.42. The minimum absolute atomic E-state index is 0.00885. The lowest BCUT2D eigenvalue weighted by molar-refractivity contribution is 0.0772. The minimum atomic E-state index is -0.00885. The molecule has 0 bridgehead atoms. The van der Waals surface area contributed by atoms with Crippen molar-refractivity contribution in [3.63, 3.8) is 0 Å². The Kier molecular flexibility index (Phi) is 4.41. The van der Waals surface area contributed by atoms with Gasteiger partial charge in [-0.1, -0.05) is 25.7 Å². The Morgan fingerprint density at radius 3 is 2.85 bits per heavy atom. The zero-order chi connectivity index (χ0) is 14.6. The van der Waals surface area contributed by atoms with Gasteiger partial charge in [0.1, 0.15) is 5.69 Å². The van der Waals surface area contributed by atoms with Gasteiger partial charge in [-0.15, -0.1) is 0 Å². The number of aliphatic hydroxyl groups excluding tert-OH is 1. The molecule has 2 rings (SSSR count). The largest absolute Gasteiger partial charge is 0.395 e. The summed E-state index contributed by atoms with van der Waals surface area (Å²) in [5.41, 5.74) is 1.43. The van der Waals surface area contributed by atoms with Gasteiger partial charge < -0.3 is 10.0 Å². The highest BCUT2D eigenvalue weighted by molar-refractivity contribution is 5.92. The molecule has 106 valence electrons. The number of aliphatic hydroxyl groups is 1. The second-order valence-electron chi connectivity index (χ2n) is 5.85. The van der Waals surface area contributed by atoms with Gasteiger partial charge in [-0.3, -0.25) is 4.79 Å². The number of amides is 1. The molecule has 1 aromatic rings. The van der Waals surface area contributed by atoms with E-state index in [1.165, 1.54) is 0 Å². The van der Waals surface area contributed by atoms with Crippen LogP contribution in [0.2, 0.25) is 0 Å². The van der Waals surface area contributed by atoms with E-state index < -0.39 is 0 Å². The van der Waals surface area contributed by atoms with Gasteiger partial charge in [0.25, 0.3) is 5.91 Å². The standard InChI is InChI=1S/C16H20N2O2/c1-16(2)8-9-18(12-16)15(20)14-7-6-13(11-17-14)5-3-4-10-19/h6-7,11,19H,4,8-10,12H2,1-2H3. The second kappa shape index (κ2) is 6.06. The minimum Gasteiger partial charge on any atom is -0.395 e. The first kappa shape index (κ1) is 14.5. The maximum Gasteiger partial charge on any atom is 0.272 e. The van der Waals surface area contributed by atoms with Crippen LogP contribution in [0.1, 0.15) is 42.7 Å². The molecule has 0 spiro atoms. The fourth-order valence-corrected chi connectivity index (χ4v) is 2.26. The summed E-state index contributed by atoms with van der Waals surface area (Å²) in [5, 5.41) is 8.66. The molecule has 1 aliphatic rings. The van der Waals surface area contributed by atoms with Gasteiger partial charge in [0, 0.05) is 31.3 Å². The van der Waals surface area contributed by atoms with Crippen LogP contribution in [-0.4, -0.2) is 40.6 Å². The van der Waals surface area contributed by atoms with Crippen LogP contribution in [0.15, 0.2) is 18.3 Å². The highest BCUT2D eigenvalue weighted by atomic mass is 16.2. The van der Waals surface area contributed by atoms with Crippen LogP contribution < -0.4 is 0 Å². The zero-order valence-corrected chi connectivity index (χ0v) is 12.0. The van der Waals surface area contributed by atoms with Crippen LogP contribution in [0.25, 0.3) is 0 Å². The number of pyridine rings is 1. The van der Waals surface area contributed by atoms with Gasteiger partial charge in [-0.05, 0) is 24.0 Å². The van der Waals surface area contributed by atoms with Crippen molar-refractivity contribution < 1.29 is 9.90 Å². The van der Waals surface area contributed by atoms with Crippen molar-refractivity contribution in [1.29, 1.82) is 0 Å². The van der Waals surface area contributed by atoms with Crippen LogP contribution in [0, 0.1) is 17.3 Å². The molecule has 0 atom stereocenters. The van der Waals surface area contributed by atoms with E-state index >= 15 is 0 Å². The highest BCUT2D eigenvalue weighted by Gasteiger charge is 2.32. The van der Waals surface area contributed by atoms with E-state index in [1.807, 2.05) is 4.90 Å². The monoisotopic (exact) mass is 272 g/mol. The first-order valence-electron chi connectivity index (χ1n) is 6.87. The van der Waals surface area contributed by atoms with Crippen molar-refractivity contribution in [3.8, 4) is 11.8 Å². The first-order valence-corrected chi connectivity index (χ1v) is 6.87. The van der Waals surface area contributed by atoms with Crippen LogP contribution in [0.4, 0.5) is 0 Å². The van der Waals surface area contributed by atoms with Crippen LogP contribution in [0.3, 0.4) is 0 Å². The highest BCUT2D eigenvalue weighted by Crippen LogP contribution is 2.29. The summed E-state index contributed by atoms with van der Waals surface area (Å²) in [5.74, 6) is 5.72. The normalized spacial score (nSPS) is 16.6. The third-order valence-corrected chi connectivity index (χ3v) is 3.42. The van der Waals surface area contributed by atoms with Crippen molar-refractivity contribution in [2.24, 2.45) is 5.41 Å². The van der Waals surface area contributed by atoms with Crippen LogP contribution >= 0.6 is 0 Å². The SMILES string of the molecule is CC1(C)CCN(C(=O)c2ccc(C#CCCO)cn2)C1. The summed E-state index contributed by atoms with van der Waals surface area (Å²) in [6, 6.07) is 3.52. The van der Waals surface area contributed by atoms with E-state index in [1.54, 1.807) is 18.3 Å². The topological polar surface area (TPSA) is 53.4 Å². The lowest BCUT2D eigenvalue weighted by atomic mass is 9.93. The number of likely N-dealkylation sites (tertiary alicyclic amines) is 1. The number of nitrogens with zero attached hydrogens (tertiary/aromatic N) is 2. The van der Waals surface area contributed by atoms with E-state index in [2.05, 4.69) is 30.7 Å². The molecular weight excluding hydrogens is 252 g/mol. The van der Waals surface area contributed by atoms with Crippen LogP contribution in [0.5, 0.6) is 0 Å². The van der Waals surface area contributed by atoms with Gasteiger partial charge in [0.15, 0.2) is 0 Å². The molecule has 1 aliphatic heterocycles. The van der Waals surface area contributed by atoms with Crippen molar-refractivity contribution >= 4 is 5.91 Å². The van der Waals surface area contributed by atoms with E-state index in [0.717, 1.165) is 25.1 Å². The fraction of sp³-hybridized carbons (Fsp3) is 0.500. The van der Waals surface area contributed by atoms with E-state index in [4.69, 9.17) is 5.11 Å². The van der Waals surface area contributed by atoms with E-state index in [0.29, 0.717) is 12.1 Å². The van der Waals surface area contributed by atoms with E-state index in [9.17, 15) is 4.79 Å². The fourth-order valence-electron chi connectivity index (χ4n) is 2.26. The molecule has 1 fully saturated rings. The Morgan fingerprint density at radius 1 is 1.50 bits per heavy atom. The summed E-state index contributed by atoms with van der Waals surface area (Å²) in [6.45, 7) is 5.99. The predicted molar refractivity (Wildman–Crippen MR) is 77.1 cm³/mol. The Morgan fingerprint density at radius 2 is 2.30 bits per heavy atom. The lowest BCUT2D eigenvalue weighted by Crippen LogP contribution is -2.30. The number of rotatable bonds is 2. The molecule has 0 aromatic carbocycles. The second-order valence-corrected chi connectivity index (χ2v) is 5.85. The number of carbonyl (C=O) groups is 1. The molecule has 0 unspecified atom stereocenters. The molecule has 0 aliphatic carbocycles. The van der Waals surface area contributed by atoms with Gasteiger partial charge in [-0.25, -0.2) is 4.98 Å². The molecule has 0 saturated carbocycles. The average Bonchev–Trinajstić information content (AvgIpc) is 2.79. The van der Waals surface area contributed by atoms with Gasteiger partial charge >= 0.3 is 0 Å². The van der Waals surface area contributed by atoms with Crippen molar-refractivity contribution in [2.75, 3.05) is 19.7 Å². The molecular formula is C16H20N2O2. The van der Waals surface area contributed by atoms with Gasteiger partial charge in [0.05, 0.1) is 6.61 Å². The smallest absolute Gasteiger partial charge is 0.272 e.